The lowest BCUT2D eigenvalue weighted by atomic mass is 9.77. The molecule has 0 aliphatic heterocycles. The Labute approximate surface area is 129 Å². The minimum atomic E-state index is 0.586. The highest BCUT2D eigenvalue weighted by Crippen LogP contribution is 2.32. The summed E-state index contributed by atoms with van der Waals surface area (Å²) in [6.45, 7) is 5.74. The lowest BCUT2D eigenvalue weighted by Gasteiger charge is -2.33. The maximum absolute atomic E-state index is 6.34. The molecule has 2 heteroatoms. The normalized spacial score (nSPS) is 24.6. The lowest BCUT2D eigenvalue weighted by molar-refractivity contribution is 0.229. The number of hydrogen-bond donors (Lipinski definition) is 1. The van der Waals surface area contributed by atoms with E-state index in [1.165, 1.54) is 37.7 Å². The molecule has 1 aliphatic carbocycles. The van der Waals surface area contributed by atoms with Crippen LogP contribution < -0.4 is 5.32 Å². The fourth-order valence-electron chi connectivity index (χ4n) is 3.32. The zero-order valence-corrected chi connectivity index (χ0v) is 13.6. The third-order valence-electron chi connectivity index (χ3n) is 4.68. The van der Waals surface area contributed by atoms with Gasteiger partial charge in [0.2, 0.25) is 0 Å². The Balaban J connectivity index is 2.01. The zero-order chi connectivity index (χ0) is 14.4. The monoisotopic (exact) mass is 293 g/mol. The summed E-state index contributed by atoms with van der Waals surface area (Å²) in [7, 11) is 0. The Bertz CT molecular complexity index is 396. The van der Waals surface area contributed by atoms with E-state index < -0.39 is 0 Å². The third-order valence-corrected chi connectivity index (χ3v) is 5.05. The summed E-state index contributed by atoms with van der Waals surface area (Å²) in [5.74, 6) is 1.73. The first-order valence-electron chi connectivity index (χ1n) is 8.17. The molecule has 20 heavy (non-hydrogen) atoms. The molecule has 1 aromatic carbocycles. The van der Waals surface area contributed by atoms with Crippen molar-refractivity contribution < 1.29 is 0 Å². The molecule has 0 bridgehead atoms. The maximum atomic E-state index is 6.34. The molecule has 1 fully saturated rings. The Morgan fingerprint density at radius 2 is 1.90 bits per heavy atom. The van der Waals surface area contributed by atoms with Crippen LogP contribution in [0.4, 0.5) is 0 Å². The predicted octanol–water partition coefficient (Wildman–Crippen LogP) is 5.08. The van der Waals surface area contributed by atoms with Gasteiger partial charge in [-0.2, -0.15) is 0 Å². The van der Waals surface area contributed by atoms with Gasteiger partial charge in [0, 0.05) is 11.1 Å². The van der Waals surface area contributed by atoms with E-state index in [9.17, 15) is 0 Å². The topological polar surface area (TPSA) is 12.0 Å². The molecule has 1 nitrogen and oxygen atoms in total. The Morgan fingerprint density at radius 1 is 1.20 bits per heavy atom. The van der Waals surface area contributed by atoms with Crippen molar-refractivity contribution in [1.82, 2.24) is 5.32 Å². The van der Waals surface area contributed by atoms with Crippen LogP contribution in [0.15, 0.2) is 24.3 Å². The average Bonchev–Trinajstić information content (AvgIpc) is 2.46. The van der Waals surface area contributed by atoms with E-state index in [2.05, 4.69) is 31.3 Å². The van der Waals surface area contributed by atoms with E-state index in [1.807, 2.05) is 12.1 Å². The molecule has 1 N–H and O–H groups in total. The third kappa shape index (κ3) is 4.49. The van der Waals surface area contributed by atoms with Crippen molar-refractivity contribution in [3.8, 4) is 0 Å². The van der Waals surface area contributed by atoms with Crippen LogP contribution in [-0.4, -0.2) is 12.6 Å². The largest absolute Gasteiger partial charge is 0.313 e. The molecule has 0 amide bonds. The zero-order valence-electron chi connectivity index (χ0n) is 12.9. The van der Waals surface area contributed by atoms with Gasteiger partial charge in [0.05, 0.1) is 0 Å². The van der Waals surface area contributed by atoms with E-state index >= 15 is 0 Å². The summed E-state index contributed by atoms with van der Waals surface area (Å²) in [6.07, 6.45) is 7.77. The van der Waals surface area contributed by atoms with Crippen molar-refractivity contribution in [1.29, 1.82) is 0 Å². The van der Waals surface area contributed by atoms with Crippen molar-refractivity contribution in [3.05, 3.63) is 34.9 Å². The minimum absolute atomic E-state index is 0.586. The highest BCUT2D eigenvalue weighted by molar-refractivity contribution is 6.31. The molecule has 1 aromatic rings. The van der Waals surface area contributed by atoms with Crippen LogP contribution in [0.2, 0.25) is 5.02 Å². The minimum Gasteiger partial charge on any atom is -0.313 e. The second-order valence-corrected chi connectivity index (χ2v) is 6.78. The molecule has 1 aliphatic rings. The lowest BCUT2D eigenvalue weighted by Crippen LogP contribution is -2.40. The van der Waals surface area contributed by atoms with E-state index in [0.717, 1.165) is 29.8 Å². The fraction of sp³-hybridized carbons (Fsp3) is 0.667. The molecule has 0 aromatic heterocycles. The first-order valence-corrected chi connectivity index (χ1v) is 8.55. The van der Waals surface area contributed by atoms with E-state index in [0.29, 0.717) is 6.04 Å². The van der Waals surface area contributed by atoms with Gasteiger partial charge in [-0.05, 0) is 55.7 Å². The summed E-state index contributed by atoms with van der Waals surface area (Å²) in [4.78, 5) is 0. The number of nitrogens with one attached hydrogen (secondary N) is 1. The first-order chi connectivity index (χ1) is 9.70. The van der Waals surface area contributed by atoms with Gasteiger partial charge in [0.1, 0.15) is 0 Å². The van der Waals surface area contributed by atoms with Crippen LogP contribution in [0, 0.1) is 11.8 Å². The first kappa shape index (κ1) is 15.9. The molecule has 1 saturated carbocycles. The van der Waals surface area contributed by atoms with E-state index in [-0.39, 0.29) is 0 Å². The van der Waals surface area contributed by atoms with Gasteiger partial charge in [0.25, 0.3) is 0 Å². The van der Waals surface area contributed by atoms with Crippen LogP contribution in [0.3, 0.4) is 0 Å². The van der Waals surface area contributed by atoms with Crippen molar-refractivity contribution in [2.24, 2.45) is 11.8 Å². The Morgan fingerprint density at radius 3 is 2.55 bits per heavy atom. The van der Waals surface area contributed by atoms with Crippen LogP contribution in [0.5, 0.6) is 0 Å². The summed E-state index contributed by atoms with van der Waals surface area (Å²) >= 11 is 6.34. The highest BCUT2D eigenvalue weighted by Gasteiger charge is 2.26. The Hall–Kier alpha value is -0.530. The van der Waals surface area contributed by atoms with Crippen LogP contribution >= 0.6 is 11.6 Å². The second kappa shape index (κ2) is 8.05. The van der Waals surface area contributed by atoms with E-state index in [1.54, 1.807) is 0 Å². The summed E-state index contributed by atoms with van der Waals surface area (Å²) in [5, 5.41) is 4.69. The van der Waals surface area contributed by atoms with Crippen LogP contribution in [0.25, 0.3) is 0 Å². The number of halogens is 1. The second-order valence-electron chi connectivity index (χ2n) is 6.38. The summed E-state index contributed by atoms with van der Waals surface area (Å²) in [6, 6.07) is 8.89. The molecule has 2 rings (SSSR count). The quantitative estimate of drug-likeness (QED) is 0.771. The van der Waals surface area contributed by atoms with Crippen molar-refractivity contribution >= 4 is 11.6 Å². The molecule has 0 radical (unpaired) electrons. The summed E-state index contributed by atoms with van der Waals surface area (Å²) < 4.78 is 0. The number of benzene rings is 1. The summed E-state index contributed by atoms with van der Waals surface area (Å²) in [5.41, 5.74) is 1.29. The van der Waals surface area contributed by atoms with E-state index in [4.69, 9.17) is 11.6 Å². The highest BCUT2D eigenvalue weighted by atomic mass is 35.5. The van der Waals surface area contributed by atoms with Gasteiger partial charge in [0.15, 0.2) is 0 Å². The molecule has 1 atom stereocenters. The maximum Gasteiger partial charge on any atom is 0.0438 e. The number of rotatable bonds is 6. The van der Waals surface area contributed by atoms with Gasteiger partial charge in [-0.3, -0.25) is 0 Å². The molecule has 0 saturated heterocycles. The van der Waals surface area contributed by atoms with Gasteiger partial charge in [-0.15, -0.1) is 0 Å². The smallest absolute Gasteiger partial charge is 0.0438 e. The molecular weight excluding hydrogens is 266 g/mol. The Kier molecular flexibility index (Phi) is 6.38. The van der Waals surface area contributed by atoms with Gasteiger partial charge in [-0.1, -0.05) is 56.5 Å². The fourth-order valence-corrected chi connectivity index (χ4v) is 3.54. The van der Waals surface area contributed by atoms with Crippen LogP contribution in [-0.2, 0) is 6.42 Å². The molecule has 1 unspecified atom stereocenters. The van der Waals surface area contributed by atoms with Gasteiger partial charge >= 0.3 is 0 Å². The van der Waals surface area contributed by atoms with Crippen molar-refractivity contribution in [3.63, 3.8) is 0 Å². The van der Waals surface area contributed by atoms with Gasteiger partial charge in [-0.25, -0.2) is 0 Å². The standard InChI is InChI=1S/C18H28ClN/c1-3-12-20-18(15-10-8-14(2)9-11-15)13-16-6-4-5-7-17(16)19/h4-7,14-15,18,20H,3,8-13H2,1-2H3. The molecule has 0 heterocycles. The number of hydrogen-bond acceptors (Lipinski definition) is 1. The average molecular weight is 294 g/mol. The van der Waals surface area contributed by atoms with Crippen molar-refractivity contribution in [2.45, 2.75) is 58.4 Å². The predicted molar refractivity (Wildman–Crippen MR) is 88.4 cm³/mol. The van der Waals surface area contributed by atoms with Gasteiger partial charge < -0.3 is 5.32 Å². The SMILES string of the molecule is CCCNC(Cc1ccccc1Cl)C1CCC(C)CC1. The van der Waals surface area contributed by atoms with Crippen molar-refractivity contribution in [2.75, 3.05) is 6.54 Å². The van der Waals surface area contributed by atoms with Crippen LogP contribution in [0.1, 0.15) is 51.5 Å². The molecular formula is C18H28ClN. The molecule has 0 spiro atoms. The molecule has 112 valence electrons.